The second-order valence-corrected chi connectivity index (χ2v) is 3.17. The molecule has 0 fully saturated rings. The van der Waals surface area contributed by atoms with Crippen LogP contribution in [0.2, 0.25) is 0 Å². The molecule has 0 aliphatic carbocycles. The van der Waals surface area contributed by atoms with Crippen LogP contribution in [0.4, 0.5) is 24.5 Å². The van der Waals surface area contributed by atoms with Gasteiger partial charge >= 0.3 is 6.18 Å². The summed E-state index contributed by atoms with van der Waals surface area (Å²) in [5.74, 6) is 0. The van der Waals surface area contributed by atoms with Crippen LogP contribution in [0.5, 0.6) is 0 Å². The molecule has 0 unspecified atom stereocenters. The Morgan fingerprint density at radius 3 is 2.00 bits per heavy atom. The van der Waals surface area contributed by atoms with Gasteiger partial charge in [-0.2, -0.15) is 13.2 Å². The van der Waals surface area contributed by atoms with Gasteiger partial charge in [0, 0.05) is 19.8 Å². The summed E-state index contributed by atoms with van der Waals surface area (Å²) in [5, 5.41) is 0. The van der Waals surface area contributed by atoms with Gasteiger partial charge in [-0.25, -0.2) is 0 Å². The van der Waals surface area contributed by atoms with E-state index in [2.05, 4.69) is 0 Å². The molecular formula is C9H13Cl2F3N2. The van der Waals surface area contributed by atoms with Gasteiger partial charge in [-0.05, 0) is 18.2 Å². The van der Waals surface area contributed by atoms with E-state index in [4.69, 9.17) is 5.73 Å². The highest BCUT2D eigenvalue weighted by Crippen LogP contribution is 2.36. The SMILES string of the molecule is CN(C)c1cc(N)ccc1C(F)(F)F.Cl.Cl. The first-order valence-corrected chi connectivity index (χ1v) is 3.96. The minimum atomic E-state index is -4.34. The molecule has 0 heterocycles. The molecule has 2 nitrogen and oxygen atoms in total. The number of nitrogen functional groups attached to an aromatic ring is 1. The zero-order valence-corrected chi connectivity index (χ0v) is 10.3. The van der Waals surface area contributed by atoms with Crippen LogP contribution in [-0.4, -0.2) is 14.1 Å². The number of nitrogens with two attached hydrogens (primary N) is 1. The molecule has 7 heteroatoms. The molecule has 0 aromatic heterocycles. The topological polar surface area (TPSA) is 29.3 Å². The highest BCUT2D eigenvalue weighted by Gasteiger charge is 2.33. The van der Waals surface area contributed by atoms with Crippen molar-refractivity contribution in [1.82, 2.24) is 0 Å². The lowest BCUT2D eigenvalue weighted by atomic mass is 10.1. The number of halogens is 5. The summed E-state index contributed by atoms with van der Waals surface area (Å²) < 4.78 is 37.4. The van der Waals surface area contributed by atoms with E-state index in [1.54, 1.807) is 14.1 Å². The molecule has 0 saturated carbocycles. The highest BCUT2D eigenvalue weighted by molar-refractivity contribution is 5.85. The molecule has 94 valence electrons. The zero-order chi connectivity index (χ0) is 10.9. The molecule has 0 aliphatic rings. The second-order valence-electron chi connectivity index (χ2n) is 3.17. The third-order valence-corrected chi connectivity index (χ3v) is 1.81. The maximum Gasteiger partial charge on any atom is 0.418 e. The van der Waals surface area contributed by atoms with Crippen LogP contribution in [0, 0.1) is 0 Å². The first kappa shape index (κ1) is 17.6. The monoisotopic (exact) mass is 276 g/mol. The third-order valence-electron chi connectivity index (χ3n) is 1.81. The van der Waals surface area contributed by atoms with Crippen LogP contribution in [-0.2, 0) is 6.18 Å². The molecule has 0 atom stereocenters. The number of alkyl halides is 3. The van der Waals surface area contributed by atoms with Gasteiger partial charge in [-0.1, -0.05) is 0 Å². The van der Waals surface area contributed by atoms with Crippen molar-refractivity contribution in [3.05, 3.63) is 23.8 Å². The van der Waals surface area contributed by atoms with Crippen molar-refractivity contribution >= 4 is 36.2 Å². The summed E-state index contributed by atoms with van der Waals surface area (Å²) in [4.78, 5) is 1.39. The first-order valence-electron chi connectivity index (χ1n) is 3.96. The van der Waals surface area contributed by atoms with Gasteiger partial charge < -0.3 is 10.6 Å². The van der Waals surface area contributed by atoms with E-state index >= 15 is 0 Å². The van der Waals surface area contributed by atoms with Crippen molar-refractivity contribution in [2.24, 2.45) is 0 Å². The van der Waals surface area contributed by atoms with Crippen LogP contribution < -0.4 is 10.6 Å². The lowest BCUT2D eigenvalue weighted by Crippen LogP contribution is -2.16. The van der Waals surface area contributed by atoms with Crippen LogP contribution in [0.3, 0.4) is 0 Å². The minimum Gasteiger partial charge on any atom is -0.399 e. The summed E-state index contributed by atoms with van der Waals surface area (Å²) in [6, 6.07) is 3.54. The Morgan fingerprint density at radius 2 is 1.62 bits per heavy atom. The van der Waals surface area contributed by atoms with Crippen molar-refractivity contribution in [2.75, 3.05) is 24.7 Å². The fourth-order valence-corrected chi connectivity index (χ4v) is 1.16. The van der Waals surface area contributed by atoms with Gasteiger partial charge in [0.2, 0.25) is 0 Å². The molecule has 0 saturated heterocycles. The zero-order valence-electron chi connectivity index (χ0n) is 8.71. The van der Waals surface area contributed by atoms with E-state index in [0.717, 1.165) is 6.07 Å². The normalized spacial score (nSPS) is 10.1. The fraction of sp³-hybridized carbons (Fsp3) is 0.333. The van der Waals surface area contributed by atoms with E-state index in [1.807, 2.05) is 0 Å². The lowest BCUT2D eigenvalue weighted by Gasteiger charge is -2.19. The molecule has 0 aliphatic heterocycles. The Morgan fingerprint density at radius 1 is 1.12 bits per heavy atom. The van der Waals surface area contributed by atoms with Gasteiger partial charge in [0.1, 0.15) is 0 Å². The van der Waals surface area contributed by atoms with E-state index in [-0.39, 0.29) is 30.5 Å². The van der Waals surface area contributed by atoms with Gasteiger partial charge in [0.25, 0.3) is 0 Å². The predicted octanol–water partition coefficient (Wildman–Crippen LogP) is 3.20. The molecule has 0 spiro atoms. The average Bonchev–Trinajstić information content (AvgIpc) is 2.01. The van der Waals surface area contributed by atoms with E-state index in [9.17, 15) is 13.2 Å². The standard InChI is InChI=1S/C9H11F3N2.2ClH/c1-14(2)8-5-6(13)3-4-7(8)9(10,11)12;;/h3-5H,13H2,1-2H3;2*1H. The van der Waals surface area contributed by atoms with Crippen molar-refractivity contribution in [3.8, 4) is 0 Å². The van der Waals surface area contributed by atoms with Crippen molar-refractivity contribution in [1.29, 1.82) is 0 Å². The fourth-order valence-electron chi connectivity index (χ4n) is 1.16. The lowest BCUT2D eigenvalue weighted by molar-refractivity contribution is -0.137. The Bertz CT molecular complexity index is 340. The number of rotatable bonds is 1. The predicted molar refractivity (Wildman–Crippen MR) is 64.7 cm³/mol. The van der Waals surface area contributed by atoms with E-state index in [0.29, 0.717) is 5.69 Å². The molecule has 0 radical (unpaired) electrons. The molecule has 0 bridgehead atoms. The molecule has 1 aromatic rings. The number of benzene rings is 1. The van der Waals surface area contributed by atoms with Gasteiger partial charge in [-0.3, -0.25) is 0 Å². The van der Waals surface area contributed by atoms with Crippen LogP contribution in [0.1, 0.15) is 5.56 Å². The van der Waals surface area contributed by atoms with Crippen molar-refractivity contribution in [2.45, 2.75) is 6.18 Å². The van der Waals surface area contributed by atoms with Crippen molar-refractivity contribution < 1.29 is 13.2 Å². The summed E-state index contributed by atoms with van der Waals surface area (Å²) in [6.45, 7) is 0. The smallest absolute Gasteiger partial charge is 0.399 e. The quantitative estimate of drug-likeness (QED) is 0.799. The molecule has 0 amide bonds. The molecule has 1 aromatic carbocycles. The number of hydrogen-bond acceptors (Lipinski definition) is 2. The van der Waals surface area contributed by atoms with Gasteiger partial charge in [0.15, 0.2) is 0 Å². The summed E-state index contributed by atoms with van der Waals surface area (Å²) >= 11 is 0. The summed E-state index contributed by atoms with van der Waals surface area (Å²) in [6.07, 6.45) is -4.34. The maximum atomic E-state index is 12.5. The Hall–Kier alpha value is -0.810. The number of anilines is 2. The Kier molecular flexibility index (Phi) is 6.65. The van der Waals surface area contributed by atoms with Crippen LogP contribution >= 0.6 is 24.8 Å². The molecule has 2 N–H and O–H groups in total. The largest absolute Gasteiger partial charge is 0.418 e. The average molecular weight is 277 g/mol. The number of nitrogens with zero attached hydrogens (tertiary/aromatic N) is 1. The minimum absolute atomic E-state index is 0. The highest BCUT2D eigenvalue weighted by atomic mass is 35.5. The Balaban J connectivity index is 0. The first-order chi connectivity index (χ1) is 6.32. The number of hydrogen-bond donors (Lipinski definition) is 1. The Labute approximate surface area is 104 Å². The van der Waals surface area contributed by atoms with Crippen LogP contribution in [0.15, 0.2) is 18.2 Å². The summed E-state index contributed by atoms with van der Waals surface area (Å²) in [7, 11) is 3.09. The molecule has 1 rings (SSSR count). The summed E-state index contributed by atoms with van der Waals surface area (Å²) in [5.41, 5.74) is 5.15. The van der Waals surface area contributed by atoms with Crippen molar-refractivity contribution in [3.63, 3.8) is 0 Å². The second kappa shape index (κ2) is 6.06. The van der Waals surface area contributed by atoms with Gasteiger partial charge in [0.05, 0.1) is 11.3 Å². The molecule has 16 heavy (non-hydrogen) atoms. The van der Waals surface area contributed by atoms with Crippen LogP contribution in [0.25, 0.3) is 0 Å². The van der Waals surface area contributed by atoms with Gasteiger partial charge in [-0.15, -0.1) is 24.8 Å². The van der Waals surface area contributed by atoms with E-state index in [1.165, 1.54) is 17.0 Å². The molecular weight excluding hydrogens is 264 g/mol. The third kappa shape index (κ3) is 3.98. The maximum absolute atomic E-state index is 12.5. The van der Waals surface area contributed by atoms with E-state index < -0.39 is 11.7 Å².